The summed E-state index contributed by atoms with van der Waals surface area (Å²) in [5, 5.41) is 5.13. The highest BCUT2D eigenvalue weighted by atomic mass is 35.5. The van der Waals surface area contributed by atoms with Crippen LogP contribution in [-0.2, 0) is 4.74 Å². The molecule has 7 heteroatoms. The first kappa shape index (κ1) is 14.8. The number of esters is 1. The van der Waals surface area contributed by atoms with Crippen molar-refractivity contribution in [2.45, 2.75) is 6.92 Å². The standard InChI is InChI=1S/C15H11Cl2N3O2/c1-8-5-14-18-12(9-3-4-10(16)11(17)6-9)7-13(15(21)22-2)20(14)19-8/h3-7H,1-2H3. The summed E-state index contributed by atoms with van der Waals surface area (Å²) >= 11 is 12.0. The van der Waals surface area contributed by atoms with Gasteiger partial charge < -0.3 is 4.74 Å². The zero-order chi connectivity index (χ0) is 15.9. The van der Waals surface area contributed by atoms with Crippen LogP contribution in [-0.4, -0.2) is 27.7 Å². The first-order valence-electron chi connectivity index (χ1n) is 6.41. The SMILES string of the molecule is COC(=O)c1cc(-c2ccc(Cl)c(Cl)c2)nc2cc(C)nn12. The average Bonchev–Trinajstić information content (AvgIpc) is 2.88. The number of ether oxygens (including phenoxy) is 1. The Balaban J connectivity index is 2.25. The van der Waals surface area contributed by atoms with E-state index in [4.69, 9.17) is 27.9 Å². The summed E-state index contributed by atoms with van der Waals surface area (Å²) < 4.78 is 6.27. The molecule has 0 spiro atoms. The van der Waals surface area contributed by atoms with Gasteiger partial charge in [0, 0.05) is 11.6 Å². The van der Waals surface area contributed by atoms with Crippen molar-refractivity contribution in [1.29, 1.82) is 0 Å². The number of hydrogen-bond donors (Lipinski definition) is 0. The molecule has 5 nitrogen and oxygen atoms in total. The monoisotopic (exact) mass is 335 g/mol. The lowest BCUT2D eigenvalue weighted by atomic mass is 10.1. The Kier molecular flexibility index (Phi) is 3.76. The molecule has 0 fully saturated rings. The number of carbonyl (C=O) groups excluding carboxylic acids is 1. The summed E-state index contributed by atoms with van der Waals surface area (Å²) in [4.78, 5) is 16.5. The Morgan fingerprint density at radius 1 is 1.18 bits per heavy atom. The van der Waals surface area contributed by atoms with E-state index >= 15 is 0 Å². The van der Waals surface area contributed by atoms with Crippen molar-refractivity contribution in [1.82, 2.24) is 14.6 Å². The van der Waals surface area contributed by atoms with Gasteiger partial charge in [-0.2, -0.15) is 5.10 Å². The fraction of sp³-hybridized carbons (Fsp3) is 0.133. The van der Waals surface area contributed by atoms with Crippen molar-refractivity contribution in [2.24, 2.45) is 0 Å². The molecule has 3 rings (SSSR count). The topological polar surface area (TPSA) is 56.5 Å². The number of methoxy groups -OCH3 is 1. The smallest absolute Gasteiger partial charge is 0.356 e. The highest BCUT2D eigenvalue weighted by Crippen LogP contribution is 2.28. The van der Waals surface area contributed by atoms with Crippen molar-refractivity contribution in [3.05, 3.63) is 51.8 Å². The summed E-state index contributed by atoms with van der Waals surface area (Å²) in [5.74, 6) is -0.489. The van der Waals surface area contributed by atoms with Crippen LogP contribution in [0.4, 0.5) is 0 Å². The zero-order valence-corrected chi connectivity index (χ0v) is 13.3. The second-order valence-corrected chi connectivity index (χ2v) is 5.52. The minimum absolute atomic E-state index is 0.293. The lowest BCUT2D eigenvalue weighted by Gasteiger charge is -2.07. The van der Waals surface area contributed by atoms with E-state index in [9.17, 15) is 4.79 Å². The van der Waals surface area contributed by atoms with E-state index in [0.29, 0.717) is 27.1 Å². The second kappa shape index (κ2) is 5.59. The third kappa shape index (κ3) is 2.53. The van der Waals surface area contributed by atoms with Gasteiger partial charge in [-0.05, 0) is 25.1 Å². The third-order valence-electron chi connectivity index (χ3n) is 3.16. The number of hydrogen-bond acceptors (Lipinski definition) is 4. The maximum absolute atomic E-state index is 12.0. The Labute approximate surface area is 136 Å². The normalized spacial score (nSPS) is 10.9. The van der Waals surface area contributed by atoms with Crippen LogP contribution in [0.2, 0.25) is 10.0 Å². The van der Waals surface area contributed by atoms with Crippen LogP contribution in [0.25, 0.3) is 16.9 Å². The van der Waals surface area contributed by atoms with Gasteiger partial charge in [0.2, 0.25) is 0 Å². The molecule has 0 aliphatic rings. The largest absolute Gasteiger partial charge is 0.464 e. The van der Waals surface area contributed by atoms with Crippen molar-refractivity contribution < 1.29 is 9.53 Å². The van der Waals surface area contributed by atoms with Crippen molar-refractivity contribution in [3.8, 4) is 11.3 Å². The molecule has 112 valence electrons. The van der Waals surface area contributed by atoms with E-state index < -0.39 is 5.97 Å². The number of fused-ring (bicyclic) bond motifs is 1. The molecule has 0 aliphatic heterocycles. The number of aromatic nitrogens is 3. The fourth-order valence-corrected chi connectivity index (χ4v) is 2.44. The molecular formula is C15H11Cl2N3O2. The van der Waals surface area contributed by atoms with E-state index in [0.717, 1.165) is 11.3 Å². The molecule has 0 saturated carbocycles. The van der Waals surface area contributed by atoms with Crippen molar-refractivity contribution >= 4 is 34.8 Å². The summed E-state index contributed by atoms with van der Waals surface area (Å²) in [7, 11) is 1.32. The zero-order valence-electron chi connectivity index (χ0n) is 11.8. The van der Waals surface area contributed by atoms with Crippen LogP contribution >= 0.6 is 23.2 Å². The van der Waals surface area contributed by atoms with Gasteiger partial charge in [-0.1, -0.05) is 29.3 Å². The lowest BCUT2D eigenvalue weighted by molar-refractivity contribution is 0.0590. The molecule has 0 atom stereocenters. The molecule has 0 N–H and O–H groups in total. The van der Waals surface area contributed by atoms with Gasteiger partial charge in [0.25, 0.3) is 0 Å². The van der Waals surface area contributed by atoms with E-state index in [1.165, 1.54) is 11.6 Å². The van der Waals surface area contributed by atoms with Gasteiger partial charge in [-0.25, -0.2) is 14.3 Å². The van der Waals surface area contributed by atoms with E-state index in [-0.39, 0.29) is 0 Å². The number of rotatable bonds is 2. The average molecular weight is 336 g/mol. The predicted octanol–water partition coefficient (Wildman–Crippen LogP) is 3.80. The van der Waals surface area contributed by atoms with E-state index in [1.807, 2.05) is 6.92 Å². The van der Waals surface area contributed by atoms with Crippen molar-refractivity contribution in [2.75, 3.05) is 7.11 Å². The van der Waals surface area contributed by atoms with Gasteiger partial charge in [-0.15, -0.1) is 0 Å². The Morgan fingerprint density at radius 2 is 1.95 bits per heavy atom. The molecule has 0 aliphatic carbocycles. The van der Waals surface area contributed by atoms with Crippen LogP contribution in [0.1, 0.15) is 16.2 Å². The summed E-state index contributed by atoms with van der Waals surface area (Å²) in [5.41, 5.74) is 2.94. The number of benzene rings is 1. The molecule has 2 heterocycles. The molecule has 0 unspecified atom stereocenters. The van der Waals surface area contributed by atoms with Gasteiger partial charge in [0.1, 0.15) is 0 Å². The van der Waals surface area contributed by atoms with Gasteiger partial charge in [0.15, 0.2) is 11.3 Å². The molecule has 2 aromatic heterocycles. The Morgan fingerprint density at radius 3 is 2.64 bits per heavy atom. The molecule has 1 aromatic carbocycles. The highest BCUT2D eigenvalue weighted by Gasteiger charge is 2.16. The molecule has 3 aromatic rings. The third-order valence-corrected chi connectivity index (χ3v) is 3.90. The van der Waals surface area contributed by atoms with Crippen LogP contribution in [0.5, 0.6) is 0 Å². The van der Waals surface area contributed by atoms with Crippen LogP contribution in [0, 0.1) is 6.92 Å². The Bertz CT molecular complexity index is 890. The van der Waals surface area contributed by atoms with Gasteiger partial charge in [-0.3, -0.25) is 0 Å². The fourth-order valence-electron chi connectivity index (χ4n) is 2.14. The van der Waals surface area contributed by atoms with Gasteiger partial charge >= 0.3 is 5.97 Å². The molecule has 0 bridgehead atoms. The number of carbonyl (C=O) groups is 1. The van der Waals surface area contributed by atoms with Crippen molar-refractivity contribution in [3.63, 3.8) is 0 Å². The van der Waals surface area contributed by atoms with E-state index in [1.54, 1.807) is 30.3 Å². The molecule has 0 saturated heterocycles. The maximum atomic E-state index is 12.0. The highest BCUT2D eigenvalue weighted by molar-refractivity contribution is 6.42. The van der Waals surface area contributed by atoms with Crippen LogP contribution in [0.3, 0.4) is 0 Å². The van der Waals surface area contributed by atoms with Gasteiger partial charge in [0.05, 0.1) is 28.5 Å². The molecule has 0 amide bonds. The summed E-state index contributed by atoms with van der Waals surface area (Å²) in [6.45, 7) is 1.83. The maximum Gasteiger partial charge on any atom is 0.356 e. The first-order chi connectivity index (χ1) is 10.5. The minimum Gasteiger partial charge on any atom is -0.464 e. The van der Waals surface area contributed by atoms with Crippen LogP contribution in [0.15, 0.2) is 30.3 Å². The lowest BCUT2D eigenvalue weighted by Crippen LogP contribution is -2.10. The number of halogens is 2. The predicted molar refractivity (Wildman–Crippen MR) is 84.5 cm³/mol. The summed E-state index contributed by atoms with van der Waals surface area (Å²) in [6.07, 6.45) is 0. The first-order valence-corrected chi connectivity index (χ1v) is 7.16. The van der Waals surface area contributed by atoms with Crippen LogP contribution < -0.4 is 0 Å². The number of nitrogens with zero attached hydrogens (tertiary/aromatic N) is 3. The second-order valence-electron chi connectivity index (χ2n) is 4.70. The molecule has 0 radical (unpaired) electrons. The number of aryl methyl sites for hydroxylation is 1. The molecule has 22 heavy (non-hydrogen) atoms. The minimum atomic E-state index is -0.489. The Hall–Kier alpha value is -2.11. The molecular weight excluding hydrogens is 325 g/mol. The summed E-state index contributed by atoms with van der Waals surface area (Å²) in [6, 6.07) is 8.58. The quantitative estimate of drug-likeness (QED) is 0.668. The van der Waals surface area contributed by atoms with E-state index in [2.05, 4.69) is 10.1 Å².